The van der Waals surface area contributed by atoms with E-state index in [4.69, 9.17) is 10.00 Å². The number of aromatic nitrogens is 3. The number of nitrogens with zero attached hydrogens (tertiary/aromatic N) is 5. The second-order valence-corrected chi connectivity index (χ2v) is 5.91. The number of benzene rings is 1. The van der Waals surface area contributed by atoms with Crippen molar-refractivity contribution in [1.82, 2.24) is 19.7 Å². The predicted molar refractivity (Wildman–Crippen MR) is 85.8 cm³/mol. The fourth-order valence-electron chi connectivity index (χ4n) is 3.04. The Balaban J connectivity index is 1.43. The molecule has 0 radical (unpaired) electrons. The molecular weight excluding hydrogens is 290 g/mol. The summed E-state index contributed by atoms with van der Waals surface area (Å²) < 4.78 is 7.69. The summed E-state index contributed by atoms with van der Waals surface area (Å²) in [5.41, 5.74) is 0.633. The van der Waals surface area contributed by atoms with Gasteiger partial charge in [0, 0.05) is 19.6 Å². The number of ether oxygens (including phenoxy) is 1. The van der Waals surface area contributed by atoms with Gasteiger partial charge in [-0.25, -0.2) is 4.98 Å². The first-order valence-electron chi connectivity index (χ1n) is 8.01. The summed E-state index contributed by atoms with van der Waals surface area (Å²) in [7, 11) is 0. The molecule has 6 nitrogen and oxygen atoms in total. The molecule has 23 heavy (non-hydrogen) atoms. The zero-order chi connectivity index (χ0) is 15.9. The maximum absolute atomic E-state index is 8.90. The normalized spacial score (nSPS) is 18.5. The zero-order valence-corrected chi connectivity index (χ0v) is 13.1. The van der Waals surface area contributed by atoms with Crippen LogP contribution in [0.2, 0.25) is 0 Å². The van der Waals surface area contributed by atoms with Crippen LogP contribution in [0.4, 0.5) is 0 Å². The van der Waals surface area contributed by atoms with Crippen molar-refractivity contribution < 1.29 is 4.74 Å². The molecule has 1 saturated heterocycles. The average Bonchev–Trinajstić information content (AvgIpc) is 3.08. The van der Waals surface area contributed by atoms with Crippen LogP contribution < -0.4 is 4.74 Å². The number of rotatable bonds is 6. The topological polar surface area (TPSA) is 67.0 Å². The Hall–Kier alpha value is -2.39. The Morgan fingerprint density at radius 1 is 1.39 bits per heavy atom. The maximum atomic E-state index is 8.90. The molecule has 1 atom stereocenters. The van der Waals surface area contributed by atoms with Crippen molar-refractivity contribution in [3.8, 4) is 11.8 Å². The smallest absolute Gasteiger partial charge is 0.137 e. The van der Waals surface area contributed by atoms with E-state index in [2.05, 4.69) is 21.1 Å². The largest absolute Gasteiger partial charge is 0.492 e. The second kappa shape index (κ2) is 7.75. The highest BCUT2D eigenvalue weighted by atomic mass is 16.5. The SMILES string of the molecule is N#Cc1cccc(OCCN2CCC[C@@H](Cn3cncn3)C2)c1. The molecule has 1 aromatic heterocycles. The van der Waals surface area contributed by atoms with Gasteiger partial charge in [-0.15, -0.1) is 0 Å². The van der Waals surface area contributed by atoms with Gasteiger partial charge in [0.1, 0.15) is 25.0 Å². The molecule has 1 aromatic carbocycles. The fourth-order valence-corrected chi connectivity index (χ4v) is 3.04. The molecular formula is C17H21N5O. The van der Waals surface area contributed by atoms with E-state index >= 15 is 0 Å². The minimum absolute atomic E-state index is 0.618. The Labute approximate surface area is 136 Å². The summed E-state index contributed by atoms with van der Waals surface area (Å²) in [5.74, 6) is 1.38. The number of piperidine rings is 1. The number of likely N-dealkylation sites (tertiary alicyclic amines) is 1. The van der Waals surface area contributed by atoms with Crippen molar-refractivity contribution in [3.05, 3.63) is 42.5 Å². The van der Waals surface area contributed by atoms with Gasteiger partial charge < -0.3 is 4.74 Å². The molecule has 6 heteroatoms. The van der Waals surface area contributed by atoms with Gasteiger partial charge in [0.2, 0.25) is 0 Å². The quantitative estimate of drug-likeness (QED) is 0.815. The fraction of sp³-hybridized carbons (Fsp3) is 0.471. The first-order valence-corrected chi connectivity index (χ1v) is 8.01. The first kappa shape index (κ1) is 15.5. The summed E-state index contributed by atoms with van der Waals surface area (Å²) in [6.45, 7) is 4.67. The van der Waals surface area contributed by atoms with Gasteiger partial charge in [-0.3, -0.25) is 9.58 Å². The molecule has 0 unspecified atom stereocenters. The molecule has 2 heterocycles. The highest BCUT2D eigenvalue weighted by molar-refractivity contribution is 5.36. The minimum Gasteiger partial charge on any atom is -0.492 e. The first-order chi connectivity index (χ1) is 11.3. The lowest BCUT2D eigenvalue weighted by Crippen LogP contribution is -2.39. The Bertz CT molecular complexity index is 649. The van der Waals surface area contributed by atoms with Crippen molar-refractivity contribution in [1.29, 1.82) is 5.26 Å². The lowest BCUT2D eigenvalue weighted by molar-refractivity contribution is 0.136. The molecule has 0 amide bonds. The third kappa shape index (κ3) is 4.54. The van der Waals surface area contributed by atoms with Gasteiger partial charge in [0.15, 0.2) is 0 Å². The molecule has 1 aliphatic rings. The number of hydrogen-bond acceptors (Lipinski definition) is 5. The van der Waals surface area contributed by atoms with Crippen LogP contribution >= 0.6 is 0 Å². The second-order valence-electron chi connectivity index (χ2n) is 5.91. The highest BCUT2D eigenvalue weighted by Gasteiger charge is 2.20. The predicted octanol–water partition coefficient (Wildman–Crippen LogP) is 1.94. The molecule has 120 valence electrons. The van der Waals surface area contributed by atoms with Gasteiger partial charge in [0.25, 0.3) is 0 Å². The van der Waals surface area contributed by atoms with Gasteiger partial charge in [-0.1, -0.05) is 6.07 Å². The van der Waals surface area contributed by atoms with E-state index in [0.29, 0.717) is 18.1 Å². The van der Waals surface area contributed by atoms with Crippen LogP contribution in [0, 0.1) is 17.2 Å². The standard InChI is InChI=1S/C17H21N5O/c18-10-15-3-1-5-17(9-15)23-8-7-21-6-2-4-16(11-21)12-22-14-19-13-20-22/h1,3,5,9,13-14,16H,2,4,6-8,11-12H2/t16-/m1/s1. The molecule has 3 rings (SSSR count). The van der Waals surface area contributed by atoms with E-state index in [1.807, 2.05) is 16.8 Å². The van der Waals surface area contributed by atoms with Gasteiger partial charge >= 0.3 is 0 Å². The van der Waals surface area contributed by atoms with E-state index in [-0.39, 0.29) is 0 Å². The molecule has 0 N–H and O–H groups in total. The molecule has 0 spiro atoms. The Morgan fingerprint density at radius 3 is 3.17 bits per heavy atom. The molecule has 1 aliphatic heterocycles. The van der Waals surface area contributed by atoms with Gasteiger partial charge in [0.05, 0.1) is 11.6 Å². The molecule has 1 fully saturated rings. The van der Waals surface area contributed by atoms with Crippen molar-refractivity contribution in [2.75, 3.05) is 26.2 Å². The Kier molecular flexibility index (Phi) is 5.22. The van der Waals surface area contributed by atoms with E-state index in [9.17, 15) is 0 Å². The maximum Gasteiger partial charge on any atom is 0.137 e. The third-order valence-electron chi connectivity index (χ3n) is 4.15. The Morgan fingerprint density at radius 2 is 2.35 bits per heavy atom. The van der Waals surface area contributed by atoms with Crippen LogP contribution in [-0.4, -0.2) is 45.9 Å². The molecule has 0 saturated carbocycles. The molecule has 0 aliphatic carbocycles. The summed E-state index contributed by atoms with van der Waals surface area (Å²) in [4.78, 5) is 6.44. The van der Waals surface area contributed by atoms with Crippen LogP contribution in [0.1, 0.15) is 18.4 Å². The third-order valence-corrected chi connectivity index (χ3v) is 4.15. The van der Waals surface area contributed by atoms with Crippen LogP contribution in [0.5, 0.6) is 5.75 Å². The molecule has 2 aromatic rings. The monoisotopic (exact) mass is 311 g/mol. The van der Waals surface area contributed by atoms with Crippen LogP contribution in [-0.2, 0) is 6.54 Å². The average molecular weight is 311 g/mol. The summed E-state index contributed by atoms with van der Waals surface area (Å²) in [6, 6.07) is 9.44. The summed E-state index contributed by atoms with van der Waals surface area (Å²) in [6.07, 6.45) is 5.82. The highest BCUT2D eigenvalue weighted by Crippen LogP contribution is 2.18. The number of nitriles is 1. The summed E-state index contributed by atoms with van der Waals surface area (Å²) >= 11 is 0. The van der Waals surface area contributed by atoms with E-state index in [0.717, 1.165) is 31.9 Å². The minimum atomic E-state index is 0.618. The van der Waals surface area contributed by atoms with E-state index in [1.165, 1.54) is 12.8 Å². The van der Waals surface area contributed by atoms with Crippen LogP contribution in [0.15, 0.2) is 36.9 Å². The van der Waals surface area contributed by atoms with Crippen LogP contribution in [0.25, 0.3) is 0 Å². The van der Waals surface area contributed by atoms with Crippen molar-refractivity contribution in [2.24, 2.45) is 5.92 Å². The van der Waals surface area contributed by atoms with E-state index < -0.39 is 0 Å². The lowest BCUT2D eigenvalue weighted by atomic mass is 9.98. The summed E-state index contributed by atoms with van der Waals surface area (Å²) in [5, 5.41) is 13.1. The van der Waals surface area contributed by atoms with Crippen LogP contribution in [0.3, 0.4) is 0 Å². The molecule has 0 bridgehead atoms. The lowest BCUT2D eigenvalue weighted by Gasteiger charge is -2.32. The van der Waals surface area contributed by atoms with Gasteiger partial charge in [-0.05, 0) is 43.5 Å². The van der Waals surface area contributed by atoms with E-state index in [1.54, 1.807) is 24.8 Å². The van der Waals surface area contributed by atoms with Crippen molar-refractivity contribution in [2.45, 2.75) is 19.4 Å². The zero-order valence-electron chi connectivity index (χ0n) is 13.1. The number of hydrogen-bond donors (Lipinski definition) is 0. The van der Waals surface area contributed by atoms with Crippen molar-refractivity contribution >= 4 is 0 Å². The van der Waals surface area contributed by atoms with Gasteiger partial charge in [-0.2, -0.15) is 10.4 Å². The van der Waals surface area contributed by atoms with Crippen molar-refractivity contribution in [3.63, 3.8) is 0 Å².